The summed E-state index contributed by atoms with van der Waals surface area (Å²) in [6, 6.07) is 43.7. The SMILES string of the molecule is Cc1ccc(-n2c3ccccc3c3ccccc32)cc1-c1cc(-n2c3ccccc3c3ccccc32)cnc1C. The van der Waals surface area contributed by atoms with Crippen LogP contribution in [0.1, 0.15) is 11.3 Å². The van der Waals surface area contributed by atoms with E-state index >= 15 is 0 Å². The molecule has 0 aliphatic rings. The maximum absolute atomic E-state index is 4.93. The van der Waals surface area contributed by atoms with E-state index in [1.165, 1.54) is 54.7 Å². The number of nitrogens with zero attached hydrogens (tertiary/aromatic N) is 3. The van der Waals surface area contributed by atoms with Gasteiger partial charge in [-0.15, -0.1) is 0 Å². The van der Waals surface area contributed by atoms with E-state index in [2.05, 4.69) is 144 Å². The Morgan fingerprint density at radius 3 is 1.38 bits per heavy atom. The Morgan fingerprint density at radius 1 is 0.450 bits per heavy atom. The zero-order valence-electron chi connectivity index (χ0n) is 22.5. The highest BCUT2D eigenvalue weighted by molar-refractivity contribution is 6.10. The molecule has 0 radical (unpaired) electrons. The highest BCUT2D eigenvalue weighted by Crippen LogP contribution is 2.37. The maximum atomic E-state index is 4.93. The Kier molecular flexibility index (Phi) is 4.95. The Balaban J connectivity index is 1.36. The fourth-order valence-corrected chi connectivity index (χ4v) is 6.36. The van der Waals surface area contributed by atoms with Crippen LogP contribution >= 0.6 is 0 Å². The summed E-state index contributed by atoms with van der Waals surface area (Å²) in [5.74, 6) is 0. The van der Waals surface area contributed by atoms with E-state index in [1.54, 1.807) is 0 Å². The molecule has 3 aromatic heterocycles. The maximum Gasteiger partial charge on any atom is 0.0651 e. The molecule has 8 aromatic rings. The van der Waals surface area contributed by atoms with Gasteiger partial charge >= 0.3 is 0 Å². The third-order valence-electron chi connectivity index (χ3n) is 8.26. The van der Waals surface area contributed by atoms with E-state index in [0.29, 0.717) is 0 Å². The number of aryl methyl sites for hydroxylation is 2. The van der Waals surface area contributed by atoms with Crippen LogP contribution in [0.4, 0.5) is 0 Å². The van der Waals surface area contributed by atoms with Crippen molar-refractivity contribution in [2.75, 3.05) is 0 Å². The first-order chi connectivity index (χ1) is 19.7. The van der Waals surface area contributed by atoms with Gasteiger partial charge in [0.25, 0.3) is 0 Å². The summed E-state index contributed by atoms with van der Waals surface area (Å²) in [5.41, 5.74) is 11.6. The Hall–Kier alpha value is -5.15. The van der Waals surface area contributed by atoms with Crippen molar-refractivity contribution in [1.82, 2.24) is 14.1 Å². The molecule has 0 spiro atoms. The lowest BCUT2D eigenvalue weighted by molar-refractivity contribution is 1.11. The summed E-state index contributed by atoms with van der Waals surface area (Å²) in [7, 11) is 0. The van der Waals surface area contributed by atoms with Crippen LogP contribution in [-0.2, 0) is 0 Å². The minimum absolute atomic E-state index is 1.02. The zero-order valence-corrected chi connectivity index (χ0v) is 22.5. The predicted molar refractivity (Wildman–Crippen MR) is 168 cm³/mol. The van der Waals surface area contributed by atoms with E-state index in [9.17, 15) is 0 Å². The van der Waals surface area contributed by atoms with Crippen LogP contribution in [0.15, 0.2) is 128 Å². The first kappa shape index (κ1) is 22.8. The smallest absolute Gasteiger partial charge is 0.0651 e. The number of benzene rings is 5. The van der Waals surface area contributed by atoms with Crippen molar-refractivity contribution in [2.24, 2.45) is 0 Å². The molecule has 0 bridgehead atoms. The quantitative estimate of drug-likeness (QED) is 0.231. The van der Waals surface area contributed by atoms with Crippen molar-refractivity contribution >= 4 is 43.6 Å². The van der Waals surface area contributed by atoms with Gasteiger partial charge in [-0.1, -0.05) is 78.9 Å². The number of para-hydroxylation sites is 4. The third-order valence-corrected chi connectivity index (χ3v) is 8.26. The molecular formula is C37H27N3. The number of rotatable bonds is 3. The molecule has 0 aliphatic carbocycles. The fraction of sp³-hybridized carbons (Fsp3) is 0.0541. The number of hydrogen-bond acceptors (Lipinski definition) is 1. The molecule has 0 atom stereocenters. The third kappa shape index (κ3) is 3.28. The van der Waals surface area contributed by atoms with Crippen LogP contribution in [0.5, 0.6) is 0 Å². The monoisotopic (exact) mass is 513 g/mol. The summed E-state index contributed by atoms with van der Waals surface area (Å²) in [5, 5.41) is 5.05. The van der Waals surface area contributed by atoms with E-state index < -0.39 is 0 Å². The van der Waals surface area contributed by atoms with Gasteiger partial charge in [0, 0.05) is 38.5 Å². The zero-order chi connectivity index (χ0) is 26.8. The lowest BCUT2D eigenvalue weighted by Gasteiger charge is -2.16. The van der Waals surface area contributed by atoms with Crippen LogP contribution < -0.4 is 0 Å². The summed E-state index contributed by atoms with van der Waals surface area (Å²) in [6.07, 6.45) is 2.00. The number of hydrogen-bond donors (Lipinski definition) is 0. The van der Waals surface area contributed by atoms with Crippen LogP contribution in [-0.4, -0.2) is 14.1 Å². The Labute approximate surface area is 232 Å². The van der Waals surface area contributed by atoms with E-state index in [4.69, 9.17) is 4.98 Å². The minimum Gasteiger partial charge on any atom is -0.309 e. The second kappa shape index (κ2) is 8.69. The predicted octanol–water partition coefficient (Wildman–Crippen LogP) is 9.56. The number of aromatic nitrogens is 3. The molecule has 190 valence electrons. The summed E-state index contributed by atoms with van der Waals surface area (Å²) in [6.45, 7) is 4.30. The van der Waals surface area contributed by atoms with Crippen LogP contribution in [0, 0.1) is 13.8 Å². The average molecular weight is 514 g/mol. The normalized spacial score (nSPS) is 11.8. The molecule has 3 heteroatoms. The van der Waals surface area contributed by atoms with Gasteiger partial charge in [0.05, 0.1) is 34.0 Å². The molecule has 5 aromatic carbocycles. The van der Waals surface area contributed by atoms with Gasteiger partial charge in [0.1, 0.15) is 0 Å². The van der Waals surface area contributed by atoms with Crippen molar-refractivity contribution in [3.63, 3.8) is 0 Å². The van der Waals surface area contributed by atoms with Crippen LogP contribution in [0.3, 0.4) is 0 Å². The first-order valence-electron chi connectivity index (χ1n) is 13.7. The van der Waals surface area contributed by atoms with Crippen molar-refractivity contribution in [1.29, 1.82) is 0 Å². The van der Waals surface area contributed by atoms with Gasteiger partial charge in [-0.05, 0) is 67.4 Å². The standard InChI is InChI=1S/C37H27N3/c1-24-19-20-26(39-34-15-7-3-11-28(34)29-12-4-8-16-35(29)39)21-32(24)33-22-27(23-38-25(33)2)40-36-17-9-5-13-30(36)31-14-6-10-18-37(31)40/h3-23H,1-2H3. The number of pyridine rings is 1. The largest absolute Gasteiger partial charge is 0.309 e. The van der Waals surface area contributed by atoms with Gasteiger partial charge in [-0.3, -0.25) is 4.98 Å². The summed E-state index contributed by atoms with van der Waals surface area (Å²) < 4.78 is 4.72. The molecule has 0 N–H and O–H groups in total. The van der Waals surface area contributed by atoms with E-state index in [0.717, 1.165) is 22.6 Å². The highest BCUT2D eigenvalue weighted by Gasteiger charge is 2.16. The summed E-state index contributed by atoms with van der Waals surface area (Å²) in [4.78, 5) is 4.93. The molecule has 0 unspecified atom stereocenters. The van der Waals surface area contributed by atoms with Crippen molar-refractivity contribution in [2.45, 2.75) is 13.8 Å². The molecule has 8 rings (SSSR count). The molecule has 3 nitrogen and oxygen atoms in total. The summed E-state index contributed by atoms with van der Waals surface area (Å²) >= 11 is 0. The lowest BCUT2D eigenvalue weighted by Crippen LogP contribution is -2.00. The van der Waals surface area contributed by atoms with Crippen molar-refractivity contribution in [3.05, 3.63) is 139 Å². The minimum atomic E-state index is 1.02. The molecule has 3 heterocycles. The number of fused-ring (bicyclic) bond motifs is 6. The second-order valence-electron chi connectivity index (χ2n) is 10.6. The molecule has 0 fully saturated rings. The van der Waals surface area contributed by atoms with Crippen molar-refractivity contribution in [3.8, 4) is 22.5 Å². The average Bonchev–Trinajstić information content (AvgIpc) is 3.51. The van der Waals surface area contributed by atoms with Crippen molar-refractivity contribution < 1.29 is 0 Å². The molecule has 0 amide bonds. The van der Waals surface area contributed by atoms with Crippen LogP contribution in [0.2, 0.25) is 0 Å². The highest BCUT2D eigenvalue weighted by atomic mass is 15.0. The van der Waals surface area contributed by atoms with Gasteiger partial charge in [0.15, 0.2) is 0 Å². The van der Waals surface area contributed by atoms with E-state index in [-0.39, 0.29) is 0 Å². The lowest BCUT2D eigenvalue weighted by atomic mass is 9.98. The topological polar surface area (TPSA) is 22.8 Å². The second-order valence-corrected chi connectivity index (χ2v) is 10.6. The Bertz CT molecular complexity index is 1980. The Morgan fingerprint density at radius 2 is 0.875 bits per heavy atom. The van der Waals surface area contributed by atoms with E-state index in [1.807, 2.05) is 6.20 Å². The molecule has 0 saturated carbocycles. The van der Waals surface area contributed by atoms with Gasteiger partial charge in [-0.2, -0.15) is 0 Å². The van der Waals surface area contributed by atoms with Gasteiger partial charge < -0.3 is 9.13 Å². The molecule has 40 heavy (non-hydrogen) atoms. The fourth-order valence-electron chi connectivity index (χ4n) is 6.36. The molecular weight excluding hydrogens is 486 g/mol. The van der Waals surface area contributed by atoms with Gasteiger partial charge in [0.2, 0.25) is 0 Å². The van der Waals surface area contributed by atoms with Gasteiger partial charge in [-0.25, -0.2) is 0 Å². The molecule has 0 saturated heterocycles. The van der Waals surface area contributed by atoms with Crippen LogP contribution in [0.25, 0.3) is 66.1 Å². The first-order valence-corrected chi connectivity index (χ1v) is 13.7. The molecule has 0 aliphatic heterocycles.